The lowest BCUT2D eigenvalue weighted by molar-refractivity contribution is -0.135. The van der Waals surface area contributed by atoms with E-state index in [1.165, 1.54) is 12.1 Å². The highest BCUT2D eigenvalue weighted by Crippen LogP contribution is 2.22. The van der Waals surface area contributed by atoms with Gasteiger partial charge in [-0.3, -0.25) is 4.79 Å². The van der Waals surface area contributed by atoms with Crippen LogP contribution in [0.3, 0.4) is 0 Å². The Morgan fingerprint density at radius 2 is 2.00 bits per heavy atom. The van der Waals surface area contributed by atoms with Gasteiger partial charge in [0.05, 0.1) is 11.5 Å². The van der Waals surface area contributed by atoms with Crippen molar-refractivity contribution in [3.63, 3.8) is 0 Å². The fourth-order valence-electron chi connectivity index (χ4n) is 3.20. The first-order chi connectivity index (χ1) is 12.4. The van der Waals surface area contributed by atoms with Crippen molar-refractivity contribution in [1.29, 1.82) is 0 Å². The predicted octanol–water partition coefficient (Wildman–Crippen LogP) is 1.76. The van der Waals surface area contributed by atoms with Crippen LogP contribution in [0.2, 0.25) is 0 Å². The van der Waals surface area contributed by atoms with E-state index in [0.29, 0.717) is 31.4 Å². The van der Waals surface area contributed by atoms with Crippen LogP contribution in [-0.2, 0) is 14.8 Å². The highest BCUT2D eigenvalue weighted by molar-refractivity contribution is 7.89. The van der Waals surface area contributed by atoms with E-state index in [0.717, 1.165) is 12.8 Å². The molecule has 154 valence electrons. The molecule has 0 spiro atoms. The van der Waals surface area contributed by atoms with E-state index < -0.39 is 10.0 Å². The van der Waals surface area contributed by atoms with Gasteiger partial charge in [-0.2, -0.15) is 0 Å². The maximum absolute atomic E-state index is 12.4. The second-order valence-corrected chi connectivity index (χ2v) is 8.43. The minimum absolute atomic E-state index is 0. The quantitative estimate of drug-likeness (QED) is 0.668. The maximum Gasteiger partial charge on any atom is 0.240 e. The van der Waals surface area contributed by atoms with E-state index in [1.54, 1.807) is 17.0 Å². The number of carbonyl (C=O) groups excluding carboxylic acids is 1. The molecular formula is C18H30ClN3O4S. The molecule has 1 aliphatic rings. The van der Waals surface area contributed by atoms with E-state index >= 15 is 0 Å². The number of hydrogen-bond acceptors (Lipinski definition) is 5. The van der Waals surface area contributed by atoms with Crippen molar-refractivity contribution in [2.45, 2.75) is 44.0 Å². The topological polar surface area (TPSA) is 102 Å². The third kappa shape index (κ3) is 6.64. The van der Waals surface area contributed by atoms with Crippen LogP contribution in [0.15, 0.2) is 29.2 Å². The Labute approximate surface area is 168 Å². The summed E-state index contributed by atoms with van der Waals surface area (Å²) in [6.45, 7) is 5.74. The Morgan fingerprint density at radius 3 is 2.59 bits per heavy atom. The second kappa shape index (κ2) is 10.8. The normalized spacial score (nSPS) is 20.0. The van der Waals surface area contributed by atoms with Crippen LogP contribution >= 0.6 is 12.4 Å². The van der Waals surface area contributed by atoms with Crippen LogP contribution in [0.1, 0.15) is 33.1 Å². The van der Waals surface area contributed by atoms with Crippen LogP contribution in [0.5, 0.6) is 5.75 Å². The number of rotatable bonds is 8. The van der Waals surface area contributed by atoms with Crippen molar-refractivity contribution in [2.75, 3.05) is 26.2 Å². The van der Waals surface area contributed by atoms with E-state index in [2.05, 4.69) is 11.6 Å². The van der Waals surface area contributed by atoms with Crippen LogP contribution in [0.4, 0.5) is 0 Å². The third-order valence-electron chi connectivity index (χ3n) is 4.65. The van der Waals surface area contributed by atoms with Crippen molar-refractivity contribution in [3.05, 3.63) is 24.3 Å². The largest absolute Gasteiger partial charge is 0.494 e. The molecule has 2 unspecified atom stereocenters. The van der Waals surface area contributed by atoms with Gasteiger partial charge in [-0.05, 0) is 49.9 Å². The molecule has 3 N–H and O–H groups in total. The second-order valence-electron chi connectivity index (χ2n) is 6.66. The number of benzene rings is 1. The third-order valence-corrected chi connectivity index (χ3v) is 6.12. The van der Waals surface area contributed by atoms with Gasteiger partial charge in [0.2, 0.25) is 15.9 Å². The molecule has 1 saturated heterocycles. The standard InChI is InChI=1S/C18H29N3O4S.ClH/c1-3-25-16-4-6-17(7-5-16)26(23,24)20-10-8-18(22)21-11-9-14(2)12-15(21)13-19;/h4-7,14-15,20H,3,8-13,19H2,1-2H3;1H. The monoisotopic (exact) mass is 419 g/mol. The SMILES string of the molecule is CCOc1ccc(S(=O)(=O)NCCC(=O)N2CCC(C)CC2CN)cc1.Cl. The molecule has 1 fully saturated rings. The molecule has 0 bridgehead atoms. The number of ether oxygens (including phenoxy) is 1. The Balaban J connectivity index is 0.00000364. The van der Waals surface area contributed by atoms with Crippen molar-refractivity contribution in [2.24, 2.45) is 11.7 Å². The minimum Gasteiger partial charge on any atom is -0.494 e. The Hall–Kier alpha value is -1.35. The van der Waals surface area contributed by atoms with E-state index in [1.807, 2.05) is 6.92 Å². The van der Waals surface area contributed by atoms with E-state index in [4.69, 9.17) is 10.5 Å². The van der Waals surface area contributed by atoms with Crippen molar-refractivity contribution in [1.82, 2.24) is 9.62 Å². The first-order valence-corrected chi connectivity index (χ1v) is 10.6. The van der Waals surface area contributed by atoms with Gasteiger partial charge in [-0.25, -0.2) is 13.1 Å². The Bertz CT molecular complexity index is 697. The zero-order chi connectivity index (χ0) is 19.2. The molecule has 2 rings (SSSR count). The summed E-state index contributed by atoms with van der Waals surface area (Å²) in [5.41, 5.74) is 5.79. The maximum atomic E-state index is 12.4. The van der Waals surface area contributed by atoms with Gasteiger partial charge in [0.15, 0.2) is 0 Å². The summed E-state index contributed by atoms with van der Waals surface area (Å²) < 4.78 is 32.4. The zero-order valence-corrected chi connectivity index (χ0v) is 17.5. The lowest BCUT2D eigenvalue weighted by atomic mass is 9.92. The number of sulfonamides is 1. The minimum atomic E-state index is -3.65. The van der Waals surface area contributed by atoms with E-state index in [-0.39, 0.29) is 42.2 Å². The van der Waals surface area contributed by atoms with Crippen molar-refractivity contribution < 1.29 is 17.9 Å². The molecule has 2 atom stereocenters. The molecular weight excluding hydrogens is 390 g/mol. The Morgan fingerprint density at radius 1 is 1.33 bits per heavy atom. The number of halogens is 1. The molecule has 0 saturated carbocycles. The Kier molecular flexibility index (Phi) is 9.52. The highest BCUT2D eigenvalue weighted by Gasteiger charge is 2.28. The van der Waals surface area contributed by atoms with Gasteiger partial charge in [0.1, 0.15) is 5.75 Å². The fraction of sp³-hybridized carbons (Fsp3) is 0.611. The number of amides is 1. The van der Waals surface area contributed by atoms with Crippen LogP contribution in [0.25, 0.3) is 0 Å². The van der Waals surface area contributed by atoms with Crippen molar-refractivity contribution in [3.8, 4) is 5.75 Å². The summed E-state index contributed by atoms with van der Waals surface area (Å²) in [7, 11) is -3.65. The lowest BCUT2D eigenvalue weighted by Crippen LogP contribution is -2.49. The molecule has 1 aromatic carbocycles. The molecule has 0 aromatic heterocycles. The molecule has 1 amide bonds. The van der Waals surface area contributed by atoms with Gasteiger partial charge in [0.25, 0.3) is 0 Å². The number of piperidine rings is 1. The van der Waals surface area contributed by atoms with Gasteiger partial charge >= 0.3 is 0 Å². The fourth-order valence-corrected chi connectivity index (χ4v) is 4.24. The van der Waals surface area contributed by atoms with Crippen LogP contribution in [-0.4, -0.2) is 51.5 Å². The average molecular weight is 420 g/mol. The van der Waals surface area contributed by atoms with Gasteiger partial charge < -0.3 is 15.4 Å². The number of nitrogens with two attached hydrogens (primary N) is 1. The molecule has 1 aromatic rings. The average Bonchev–Trinajstić information content (AvgIpc) is 2.62. The van der Waals surface area contributed by atoms with Crippen molar-refractivity contribution >= 4 is 28.3 Å². The summed E-state index contributed by atoms with van der Waals surface area (Å²) in [5.74, 6) is 1.13. The molecule has 1 heterocycles. The molecule has 1 aliphatic heterocycles. The number of nitrogens with one attached hydrogen (secondary N) is 1. The van der Waals surface area contributed by atoms with Crippen LogP contribution < -0.4 is 15.2 Å². The number of nitrogens with zero attached hydrogens (tertiary/aromatic N) is 1. The smallest absolute Gasteiger partial charge is 0.240 e. The lowest BCUT2D eigenvalue weighted by Gasteiger charge is -2.38. The summed E-state index contributed by atoms with van der Waals surface area (Å²) >= 11 is 0. The number of likely N-dealkylation sites (tertiary alicyclic amines) is 1. The molecule has 0 aliphatic carbocycles. The van der Waals surface area contributed by atoms with E-state index in [9.17, 15) is 13.2 Å². The first kappa shape index (κ1) is 23.7. The number of hydrogen-bond donors (Lipinski definition) is 2. The van der Waals surface area contributed by atoms with Gasteiger partial charge in [-0.15, -0.1) is 12.4 Å². The van der Waals surface area contributed by atoms with Crippen LogP contribution in [0, 0.1) is 5.92 Å². The molecule has 0 radical (unpaired) electrons. The zero-order valence-electron chi connectivity index (χ0n) is 15.9. The highest BCUT2D eigenvalue weighted by atomic mass is 35.5. The van der Waals surface area contributed by atoms with Gasteiger partial charge in [0, 0.05) is 32.1 Å². The summed E-state index contributed by atoms with van der Waals surface area (Å²) in [6.07, 6.45) is 1.99. The summed E-state index contributed by atoms with van der Waals surface area (Å²) in [4.78, 5) is 14.4. The number of carbonyl (C=O) groups is 1. The molecule has 9 heteroatoms. The summed E-state index contributed by atoms with van der Waals surface area (Å²) in [5, 5.41) is 0. The first-order valence-electron chi connectivity index (χ1n) is 9.09. The predicted molar refractivity (Wildman–Crippen MR) is 108 cm³/mol. The molecule has 27 heavy (non-hydrogen) atoms. The molecule has 7 nitrogen and oxygen atoms in total. The van der Waals surface area contributed by atoms with Gasteiger partial charge in [-0.1, -0.05) is 6.92 Å². The summed E-state index contributed by atoms with van der Waals surface area (Å²) in [6, 6.07) is 6.26.